The molecule has 3 rings (SSSR count). The van der Waals surface area contributed by atoms with Gasteiger partial charge in [-0.1, -0.05) is 19.3 Å². The first-order chi connectivity index (χ1) is 8.26. The van der Waals surface area contributed by atoms with Crippen LogP contribution in [0.3, 0.4) is 0 Å². The van der Waals surface area contributed by atoms with Gasteiger partial charge in [0.05, 0.1) is 5.54 Å². The van der Waals surface area contributed by atoms with Crippen molar-refractivity contribution in [2.75, 3.05) is 13.1 Å². The van der Waals surface area contributed by atoms with E-state index in [1.54, 1.807) is 0 Å². The Morgan fingerprint density at radius 1 is 1.18 bits per heavy atom. The third-order valence-electron chi connectivity index (χ3n) is 4.85. The van der Waals surface area contributed by atoms with E-state index in [0.29, 0.717) is 6.04 Å². The lowest BCUT2D eigenvalue weighted by Crippen LogP contribution is -2.77. The summed E-state index contributed by atoms with van der Waals surface area (Å²) in [6.45, 7) is 2.00. The maximum Gasteiger partial charge on any atom is 0.254 e. The molecule has 0 bridgehead atoms. The van der Waals surface area contributed by atoms with Crippen LogP contribution in [0, 0.1) is 0 Å². The van der Waals surface area contributed by atoms with Crippen LogP contribution in [0.1, 0.15) is 44.9 Å². The molecule has 3 fully saturated rings. The lowest BCUT2D eigenvalue weighted by molar-refractivity contribution is -0.199. The predicted molar refractivity (Wildman–Crippen MR) is 64.6 cm³/mol. The molecule has 1 saturated carbocycles. The molecule has 1 atom stereocenters. The van der Waals surface area contributed by atoms with Gasteiger partial charge < -0.3 is 15.3 Å². The van der Waals surface area contributed by atoms with Gasteiger partial charge in [0.2, 0.25) is 0 Å². The van der Waals surface area contributed by atoms with Crippen molar-refractivity contribution in [2.24, 2.45) is 0 Å². The van der Waals surface area contributed by atoms with Gasteiger partial charge in [0.15, 0.2) is 6.10 Å². The van der Waals surface area contributed by atoms with E-state index >= 15 is 0 Å². The van der Waals surface area contributed by atoms with E-state index in [-0.39, 0.29) is 11.4 Å². The maximum absolute atomic E-state index is 12.0. The summed E-state index contributed by atoms with van der Waals surface area (Å²) < 4.78 is 0. The van der Waals surface area contributed by atoms with E-state index in [1.807, 2.05) is 0 Å². The zero-order valence-electron chi connectivity index (χ0n) is 10.3. The normalized spacial score (nSPS) is 33.8. The molecule has 1 amide bonds. The highest BCUT2D eigenvalue weighted by Crippen LogP contribution is 2.46. The van der Waals surface area contributed by atoms with E-state index in [0.717, 1.165) is 51.6 Å². The van der Waals surface area contributed by atoms with Crippen LogP contribution in [-0.2, 0) is 4.79 Å². The number of piperidine rings is 1. The fraction of sp³-hybridized carbons (Fsp3) is 0.923. The molecule has 1 aliphatic carbocycles. The average Bonchev–Trinajstić information content (AvgIpc) is 2.41. The number of hydrogen-bond donors (Lipinski definition) is 2. The van der Waals surface area contributed by atoms with Gasteiger partial charge in [-0.15, -0.1) is 0 Å². The summed E-state index contributed by atoms with van der Waals surface area (Å²) in [5.74, 6) is -0.0150. The molecule has 96 valence electrons. The summed E-state index contributed by atoms with van der Waals surface area (Å²) >= 11 is 0. The van der Waals surface area contributed by atoms with Crippen LogP contribution in [0.15, 0.2) is 0 Å². The summed E-state index contributed by atoms with van der Waals surface area (Å²) in [4.78, 5) is 14.0. The summed E-state index contributed by atoms with van der Waals surface area (Å²) in [6, 6.07) is 0.366. The molecule has 2 N–H and O–H groups in total. The van der Waals surface area contributed by atoms with Crippen molar-refractivity contribution in [1.29, 1.82) is 0 Å². The minimum atomic E-state index is -0.710. The highest BCUT2D eigenvalue weighted by molar-refractivity contribution is 5.90. The topological polar surface area (TPSA) is 52.6 Å². The van der Waals surface area contributed by atoms with E-state index in [4.69, 9.17) is 0 Å². The number of nitrogens with zero attached hydrogens (tertiary/aromatic N) is 1. The van der Waals surface area contributed by atoms with Gasteiger partial charge in [-0.05, 0) is 38.8 Å². The number of hydrogen-bond acceptors (Lipinski definition) is 3. The number of nitrogens with one attached hydrogen (secondary N) is 1. The molecule has 2 heterocycles. The molecule has 1 spiro atoms. The van der Waals surface area contributed by atoms with Crippen LogP contribution in [0.25, 0.3) is 0 Å². The molecule has 3 aliphatic rings. The number of rotatable bonds is 1. The van der Waals surface area contributed by atoms with Crippen molar-refractivity contribution in [3.05, 3.63) is 0 Å². The third-order valence-corrected chi connectivity index (χ3v) is 4.85. The summed E-state index contributed by atoms with van der Waals surface area (Å²) in [5.41, 5.74) is -0.183. The number of amides is 1. The second kappa shape index (κ2) is 4.25. The van der Waals surface area contributed by atoms with Crippen LogP contribution in [-0.4, -0.2) is 46.7 Å². The maximum atomic E-state index is 12.0. The number of aliphatic hydroxyl groups is 1. The van der Waals surface area contributed by atoms with Crippen molar-refractivity contribution < 1.29 is 9.90 Å². The summed E-state index contributed by atoms with van der Waals surface area (Å²) in [7, 11) is 0. The largest absolute Gasteiger partial charge is 0.381 e. The lowest BCUT2D eigenvalue weighted by atomic mass is 9.68. The molecule has 1 unspecified atom stereocenters. The lowest BCUT2D eigenvalue weighted by Gasteiger charge is -2.60. The SMILES string of the molecule is O=C1C(O)C2(CCCCC2)N1C1CCNCC1. The molecule has 0 aromatic carbocycles. The van der Waals surface area contributed by atoms with Crippen LogP contribution >= 0.6 is 0 Å². The van der Waals surface area contributed by atoms with Gasteiger partial charge in [-0.3, -0.25) is 4.79 Å². The van der Waals surface area contributed by atoms with Crippen molar-refractivity contribution in [1.82, 2.24) is 10.2 Å². The fourth-order valence-electron chi connectivity index (χ4n) is 3.93. The molecule has 0 radical (unpaired) electrons. The molecular weight excluding hydrogens is 216 g/mol. The second-order valence-electron chi connectivity index (χ2n) is 5.76. The van der Waals surface area contributed by atoms with Gasteiger partial charge in [-0.25, -0.2) is 0 Å². The van der Waals surface area contributed by atoms with Crippen LogP contribution < -0.4 is 5.32 Å². The third kappa shape index (κ3) is 1.61. The first-order valence-corrected chi connectivity index (χ1v) is 6.98. The quantitative estimate of drug-likeness (QED) is 0.659. The van der Waals surface area contributed by atoms with E-state index in [9.17, 15) is 9.90 Å². The smallest absolute Gasteiger partial charge is 0.254 e. The summed E-state index contributed by atoms with van der Waals surface area (Å²) in [6.07, 6.45) is 6.95. The van der Waals surface area contributed by atoms with Crippen LogP contribution in [0.5, 0.6) is 0 Å². The first-order valence-electron chi connectivity index (χ1n) is 6.98. The number of likely N-dealkylation sites (tertiary alicyclic amines) is 1. The van der Waals surface area contributed by atoms with Crippen molar-refractivity contribution in [3.63, 3.8) is 0 Å². The molecule has 2 saturated heterocycles. The Morgan fingerprint density at radius 2 is 1.82 bits per heavy atom. The molecule has 17 heavy (non-hydrogen) atoms. The number of carbonyl (C=O) groups is 1. The second-order valence-corrected chi connectivity index (χ2v) is 5.76. The highest BCUT2D eigenvalue weighted by atomic mass is 16.3. The Hall–Kier alpha value is -0.610. The van der Waals surface area contributed by atoms with Gasteiger partial charge in [0.25, 0.3) is 5.91 Å². The van der Waals surface area contributed by atoms with Crippen LogP contribution in [0.2, 0.25) is 0 Å². The molecule has 0 aromatic heterocycles. The summed E-state index contributed by atoms with van der Waals surface area (Å²) in [5, 5.41) is 13.4. The van der Waals surface area contributed by atoms with Gasteiger partial charge in [0.1, 0.15) is 0 Å². The standard InChI is InChI=1S/C13H22N2O2/c16-11-12(17)15(10-4-8-14-9-5-10)13(11)6-2-1-3-7-13/h10-11,14,16H,1-9H2. The van der Waals surface area contributed by atoms with Gasteiger partial charge >= 0.3 is 0 Å². The Labute approximate surface area is 102 Å². The van der Waals surface area contributed by atoms with E-state index < -0.39 is 6.10 Å². The number of β-lactam (4-membered cyclic amide) rings is 1. The van der Waals surface area contributed by atoms with Crippen LogP contribution in [0.4, 0.5) is 0 Å². The van der Waals surface area contributed by atoms with E-state index in [1.165, 1.54) is 6.42 Å². The number of aliphatic hydroxyl groups excluding tert-OH is 1. The first kappa shape index (κ1) is 11.5. The molecule has 4 nitrogen and oxygen atoms in total. The fourth-order valence-corrected chi connectivity index (χ4v) is 3.93. The minimum absolute atomic E-state index is 0.0150. The Balaban J connectivity index is 1.78. The van der Waals surface area contributed by atoms with E-state index in [2.05, 4.69) is 10.2 Å². The number of carbonyl (C=O) groups excluding carboxylic acids is 1. The minimum Gasteiger partial charge on any atom is -0.381 e. The monoisotopic (exact) mass is 238 g/mol. The van der Waals surface area contributed by atoms with Crippen molar-refractivity contribution >= 4 is 5.91 Å². The molecular formula is C13H22N2O2. The van der Waals surface area contributed by atoms with Crippen molar-refractivity contribution in [3.8, 4) is 0 Å². The molecule has 4 heteroatoms. The van der Waals surface area contributed by atoms with Gasteiger partial charge in [-0.2, -0.15) is 0 Å². The molecule has 0 aromatic rings. The Morgan fingerprint density at radius 3 is 2.47 bits per heavy atom. The zero-order chi connectivity index (χ0) is 11.9. The predicted octanol–water partition coefficient (Wildman–Crippen LogP) is 0.644. The van der Waals surface area contributed by atoms with Crippen molar-refractivity contribution in [2.45, 2.75) is 62.6 Å². The van der Waals surface area contributed by atoms with Gasteiger partial charge in [0, 0.05) is 6.04 Å². The Kier molecular flexibility index (Phi) is 2.87. The Bertz CT molecular complexity index is 307. The highest BCUT2D eigenvalue weighted by Gasteiger charge is 2.61. The molecule has 2 aliphatic heterocycles. The zero-order valence-corrected chi connectivity index (χ0v) is 10.3. The average molecular weight is 238 g/mol.